The summed E-state index contributed by atoms with van der Waals surface area (Å²) in [5.41, 5.74) is -0.810. The molecule has 1 aliphatic rings. The molecule has 0 aliphatic carbocycles. The third-order valence-electron chi connectivity index (χ3n) is 4.21. The maximum Gasteiger partial charge on any atom is 0.311 e. The van der Waals surface area contributed by atoms with Crippen molar-refractivity contribution in [3.63, 3.8) is 0 Å². The molecule has 1 heterocycles. The Hall–Kier alpha value is -2.24. The van der Waals surface area contributed by atoms with Gasteiger partial charge in [-0.2, -0.15) is 0 Å². The monoisotopic (exact) mass is 321 g/mol. The lowest BCUT2D eigenvalue weighted by atomic mass is 9.90. The largest absolute Gasteiger partial charge is 0.497 e. The van der Waals surface area contributed by atoms with Crippen molar-refractivity contribution in [1.82, 2.24) is 4.90 Å². The van der Waals surface area contributed by atoms with Crippen molar-refractivity contribution in [3.8, 4) is 11.5 Å². The third-order valence-corrected chi connectivity index (χ3v) is 4.21. The quantitative estimate of drug-likeness (QED) is 0.779. The Kier molecular flexibility index (Phi) is 5.47. The Morgan fingerprint density at radius 3 is 2.48 bits per heavy atom. The van der Waals surface area contributed by atoms with E-state index < -0.39 is 11.4 Å². The molecular formula is C17H23NO5. The molecule has 6 nitrogen and oxygen atoms in total. The van der Waals surface area contributed by atoms with Crippen molar-refractivity contribution in [2.75, 3.05) is 26.8 Å². The SMILES string of the molecule is COc1ccc(OCCCC(=O)N2CCC(C)(C(=O)O)C2)cc1. The Balaban J connectivity index is 1.70. The van der Waals surface area contributed by atoms with E-state index >= 15 is 0 Å². The van der Waals surface area contributed by atoms with Crippen LogP contribution in [-0.4, -0.2) is 48.7 Å². The zero-order chi connectivity index (χ0) is 16.9. The molecule has 0 spiro atoms. The van der Waals surface area contributed by atoms with Crippen LogP contribution in [0.5, 0.6) is 11.5 Å². The lowest BCUT2D eigenvalue weighted by molar-refractivity contribution is -0.147. The van der Waals surface area contributed by atoms with E-state index in [1.54, 1.807) is 18.9 Å². The fourth-order valence-corrected chi connectivity index (χ4v) is 2.59. The van der Waals surface area contributed by atoms with Crippen LogP contribution < -0.4 is 9.47 Å². The normalized spacial score (nSPS) is 20.3. The van der Waals surface area contributed by atoms with Crippen LogP contribution in [0, 0.1) is 5.41 Å². The average Bonchev–Trinajstić information content (AvgIpc) is 2.96. The van der Waals surface area contributed by atoms with E-state index in [1.807, 2.05) is 24.3 Å². The fraction of sp³-hybridized carbons (Fsp3) is 0.529. The van der Waals surface area contributed by atoms with Gasteiger partial charge in [-0.05, 0) is 44.0 Å². The molecule has 1 amide bonds. The number of carboxylic acids is 1. The number of ether oxygens (including phenoxy) is 2. The van der Waals surface area contributed by atoms with Gasteiger partial charge < -0.3 is 19.5 Å². The van der Waals surface area contributed by atoms with Crippen LogP contribution in [0.15, 0.2) is 24.3 Å². The number of amides is 1. The van der Waals surface area contributed by atoms with Gasteiger partial charge in [-0.1, -0.05) is 0 Å². The van der Waals surface area contributed by atoms with Crippen LogP contribution in [0.3, 0.4) is 0 Å². The second-order valence-electron chi connectivity index (χ2n) is 6.06. The lowest BCUT2D eigenvalue weighted by Gasteiger charge is -2.20. The molecule has 126 valence electrons. The Morgan fingerprint density at radius 1 is 1.26 bits per heavy atom. The van der Waals surface area contributed by atoms with Crippen molar-refractivity contribution in [3.05, 3.63) is 24.3 Å². The topological polar surface area (TPSA) is 76.1 Å². The molecule has 23 heavy (non-hydrogen) atoms. The molecule has 1 fully saturated rings. The predicted octanol–water partition coefficient (Wildman–Crippen LogP) is 2.18. The Labute approximate surface area is 136 Å². The molecule has 1 aromatic rings. The van der Waals surface area contributed by atoms with Gasteiger partial charge in [0.05, 0.1) is 19.1 Å². The number of methoxy groups -OCH3 is 1. The van der Waals surface area contributed by atoms with Gasteiger partial charge in [-0.25, -0.2) is 0 Å². The summed E-state index contributed by atoms with van der Waals surface area (Å²) in [6, 6.07) is 7.27. The highest BCUT2D eigenvalue weighted by Crippen LogP contribution is 2.30. The van der Waals surface area contributed by atoms with E-state index in [-0.39, 0.29) is 5.91 Å². The maximum absolute atomic E-state index is 12.1. The van der Waals surface area contributed by atoms with E-state index in [0.717, 1.165) is 11.5 Å². The van der Waals surface area contributed by atoms with Crippen LogP contribution in [0.2, 0.25) is 0 Å². The number of carbonyl (C=O) groups is 2. The van der Waals surface area contributed by atoms with E-state index in [1.165, 1.54) is 0 Å². The maximum atomic E-state index is 12.1. The minimum absolute atomic E-state index is 0.00620. The summed E-state index contributed by atoms with van der Waals surface area (Å²) in [5.74, 6) is 0.657. The minimum atomic E-state index is -0.837. The van der Waals surface area contributed by atoms with Gasteiger partial charge in [-0.15, -0.1) is 0 Å². The predicted molar refractivity (Wildman–Crippen MR) is 84.7 cm³/mol. The van der Waals surface area contributed by atoms with Crippen molar-refractivity contribution in [2.45, 2.75) is 26.2 Å². The van der Waals surface area contributed by atoms with Gasteiger partial charge in [0.25, 0.3) is 0 Å². The minimum Gasteiger partial charge on any atom is -0.497 e. The highest BCUT2D eigenvalue weighted by atomic mass is 16.5. The van der Waals surface area contributed by atoms with Gasteiger partial charge in [0.15, 0.2) is 0 Å². The first-order chi connectivity index (χ1) is 10.9. The van der Waals surface area contributed by atoms with Gasteiger partial charge >= 0.3 is 5.97 Å². The summed E-state index contributed by atoms with van der Waals surface area (Å²) >= 11 is 0. The number of carbonyl (C=O) groups excluding carboxylic acids is 1. The van der Waals surface area contributed by atoms with Gasteiger partial charge in [0.1, 0.15) is 11.5 Å². The molecule has 0 saturated carbocycles. The molecule has 2 rings (SSSR count). The summed E-state index contributed by atoms with van der Waals surface area (Å²) < 4.78 is 10.6. The average molecular weight is 321 g/mol. The summed E-state index contributed by atoms with van der Waals surface area (Å²) in [7, 11) is 1.61. The van der Waals surface area contributed by atoms with E-state index in [2.05, 4.69) is 0 Å². The van der Waals surface area contributed by atoms with Crippen molar-refractivity contribution in [2.24, 2.45) is 5.41 Å². The molecule has 0 bridgehead atoms. The molecular weight excluding hydrogens is 298 g/mol. The molecule has 1 aromatic carbocycles. The van der Waals surface area contributed by atoms with E-state index in [4.69, 9.17) is 9.47 Å². The lowest BCUT2D eigenvalue weighted by Crippen LogP contribution is -2.34. The van der Waals surface area contributed by atoms with Crippen LogP contribution in [0.25, 0.3) is 0 Å². The molecule has 1 saturated heterocycles. The first kappa shape index (κ1) is 17.1. The molecule has 1 N–H and O–H groups in total. The Morgan fingerprint density at radius 2 is 1.91 bits per heavy atom. The number of nitrogens with zero attached hydrogens (tertiary/aromatic N) is 1. The molecule has 0 aromatic heterocycles. The number of hydrogen-bond acceptors (Lipinski definition) is 4. The van der Waals surface area contributed by atoms with E-state index in [0.29, 0.717) is 39.0 Å². The highest BCUT2D eigenvalue weighted by molar-refractivity contribution is 5.80. The Bertz CT molecular complexity index is 557. The first-order valence-corrected chi connectivity index (χ1v) is 7.73. The highest BCUT2D eigenvalue weighted by Gasteiger charge is 2.41. The molecule has 1 unspecified atom stereocenters. The molecule has 1 aliphatic heterocycles. The number of likely N-dealkylation sites (tertiary alicyclic amines) is 1. The zero-order valence-corrected chi connectivity index (χ0v) is 13.6. The number of aliphatic carboxylic acids is 1. The van der Waals surface area contributed by atoms with Crippen molar-refractivity contribution < 1.29 is 24.2 Å². The van der Waals surface area contributed by atoms with Crippen LogP contribution in [0.4, 0.5) is 0 Å². The first-order valence-electron chi connectivity index (χ1n) is 7.73. The number of carboxylic acid groups (broad SMARTS) is 1. The van der Waals surface area contributed by atoms with Crippen LogP contribution >= 0.6 is 0 Å². The second-order valence-corrected chi connectivity index (χ2v) is 6.06. The van der Waals surface area contributed by atoms with Crippen LogP contribution in [0.1, 0.15) is 26.2 Å². The molecule has 1 atom stereocenters. The zero-order valence-electron chi connectivity index (χ0n) is 13.6. The second kappa shape index (κ2) is 7.35. The van der Waals surface area contributed by atoms with E-state index in [9.17, 15) is 14.7 Å². The smallest absolute Gasteiger partial charge is 0.311 e. The fourth-order valence-electron chi connectivity index (χ4n) is 2.59. The van der Waals surface area contributed by atoms with Gasteiger partial charge in [0, 0.05) is 19.5 Å². The number of rotatable bonds is 7. The van der Waals surface area contributed by atoms with Crippen LogP contribution in [-0.2, 0) is 9.59 Å². The van der Waals surface area contributed by atoms with Gasteiger partial charge in [0.2, 0.25) is 5.91 Å². The summed E-state index contributed by atoms with van der Waals surface area (Å²) in [5, 5.41) is 9.18. The molecule has 0 radical (unpaired) electrons. The number of hydrogen-bond donors (Lipinski definition) is 1. The third kappa shape index (κ3) is 4.37. The molecule has 6 heteroatoms. The summed E-state index contributed by atoms with van der Waals surface area (Å²) in [4.78, 5) is 24.9. The van der Waals surface area contributed by atoms with Gasteiger partial charge in [-0.3, -0.25) is 9.59 Å². The van der Waals surface area contributed by atoms with Crippen molar-refractivity contribution in [1.29, 1.82) is 0 Å². The van der Waals surface area contributed by atoms with Crippen molar-refractivity contribution >= 4 is 11.9 Å². The summed E-state index contributed by atoms with van der Waals surface area (Å²) in [6.07, 6.45) is 1.48. The number of benzene rings is 1. The summed E-state index contributed by atoms with van der Waals surface area (Å²) in [6.45, 7) is 2.94. The standard InChI is InChI=1S/C17H23NO5/c1-17(16(20)21)9-10-18(12-17)15(19)4-3-11-23-14-7-5-13(22-2)6-8-14/h5-8H,3-4,9-12H2,1-2H3,(H,20,21).